The Hall–Kier alpha value is -3.18. The molecule has 1 aromatic heterocycles. The van der Waals surface area contributed by atoms with Crippen molar-refractivity contribution >= 4 is 17.5 Å². The second kappa shape index (κ2) is 10.0. The molecule has 1 amide bonds. The standard InChI is InChI=1S/C24H25ClN2O3/c1-4-11-27(24(28)19-13-21(29-2)15-22(14-19)30-3)17-20-9-7-12-26(20)16-18-8-5-6-10-23(18)25/h4-10,12-15H,1,11,16-17H2,2-3H3. The topological polar surface area (TPSA) is 43.7 Å². The maximum absolute atomic E-state index is 13.3. The van der Waals surface area contributed by atoms with Gasteiger partial charge in [-0.2, -0.15) is 0 Å². The average Bonchev–Trinajstić information content (AvgIpc) is 3.20. The number of carbonyl (C=O) groups is 1. The molecule has 30 heavy (non-hydrogen) atoms. The molecule has 3 rings (SSSR count). The number of rotatable bonds is 9. The molecule has 0 spiro atoms. The van der Waals surface area contributed by atoms with Crippen molar-refractivity contribution in [3.63, 3.8) is 0 Å². The van der Waals surface area contributed by atoms with Crippen LogP contribution < -0.4 is 9.47 Å². The van der Waals surface area contributed by atoms with Gasteiger partial charge in [0.15, 0.2) is 0 Å². The van der Waals surface area contributed by atoms with Crippen LogP contribution in [-0.4, -0.2) is 36.1 Å². The predicted molar refractivity (Wildman–Crippen MR) is 119 cm³/mol. The Morgan fingerprint density at radius 1 is 1.10 bits per heavy atom. The largest absolute Gasteiger partial charge is 0.497 e. The maximum atomic E-state index is 13.3. The lowest BCUT2D eigenvalue weighted by atomic mass is 10.1. The third kappa shape index (κ3) is 5.05. The van der Waals surface area contributed by atoms with Crippen molar-refractivity contribution in [3.05, 3.63) is 95.3 Å². The lowest BCUT2D eigenvalue weighted by Gasteiger charge is -2.23. The zero-order valence-corrected chi connectivity index (χ0v) is 17.9. The zero-order valence-electron chi connectivity index (χ0n) is 17.2. The predicted octanol–water partition coefficient (Wildman–Crippen LogP) is 5.04. The van der Waals surface area contributed by atoms with Crippen LogP contribution in [0.2, 0.25) is 5.02 Å². The van der Waals surface area contributed by atoms with E-state index in [4.69, 9.17) is 21.1 Å². The second-order valence-corrected chi connectivity index (χ2v) is 7.20. The van der Waals surface area contributed by atoms with E-state index < -0.39 is 0 Å². The molecule has 0 bridgehead atoms. The summed E-state index contributed by atoms with van der Waals surface area (Å²) in [5.74, 6) is 1.01. The molecule has 0 saturated heterocycles. The first-order chi connectivity index (χ1) is 14.5. The van der Waals surface area contributed by atoms with Crippen LogP contribution in [-0.2, 0) is 13.1 Å². The molecule has 0 aliphatic rings. The minimum atomic E-state index is -0.127. The highest BCUT2D eigenvalue weighted by molar-refractivity contribution is 6.31. The molecule has 156 valence electrons. The molecule has 0 aliphatic carbocycles. The smallest absolute Gasteiger partial charge is 0.254 e. The number of hydrogen-bond acceptors (Lipinski definition) is 3. The van der Waals surface area contributed by atoms with E-state index in [9.17, 15) is 4.79 Å². The first-order valence-electron chi connectivity index (χ1n) is 9.56. The number of hydrogen-bond donors (Lipinski definition) is 0. The molecule has 0 saturated carbocycles. The number of halogens is 1. The fourth-order valence-electron chi connectivity index (χ4n) is 3.24. The van der Waals surface area contributed by atoms with Gasteiger partial charge < -0.3 is 18.9 Å². The van der Waals surface area contributed by atoms with Crippen LogP contribution >= 0.6 is 11.6 Å². The Kier molecular flexibility index (Phi) is 7.20. The number of amides is 1. The Bertz CT molecular complexity index is 1010. The lowest BCUT2D eigenvalue weighted by Crippen LogP contribution is -2.31. The Labute approximate surface area is 182 Å². The van der Waals surface area contributed by atoms with Crippen LogP contribution in [0.25, 0.3) is 0 Å². The number of carbonyl (C=O) groups excluding carboxylic acids is 1. The molecule has 0 atom stereocenters. The number of ether oxygens (including phenoxy) is 2. The molecule has 0 aliphatic heterocycles. The summed E-state index contributed by atoms with van der Waals surface area (Å²) in [6.07, 6.45) is 3.71. The number of aromatic nitrogens is 1. The molecule has 0 fully saturated rings. The summed E-state index contributed by atoms with van der Waals surface area (Å²) in [5, 5.41) is 0.722. The molecule has 5 nitrogen and oxygen atoms in total. The SMILES string of the molecule is C=CCN(Cc1cccn1Cc1ccccc1Cl)C(=O)c1cc(OC)cc(OC)c1. The molecule has 0 radical (unpaired) electrons. The fourth-order valence-corrected chi connectivity index (χ4v) is 3.44. The lowest BCUT2D eigenvalue weighted by molar-refractivity contribution is 0.0758. The molecule has 0 N–H and O–H groups in total. The normalized spacial score (nSPS) is 10.5. The first kappa shape index (κ1) is 21.5. The summed E-state index contributed by atoms with van der Waals surface area (Å²) in [5.41, 5.74) is 2.52. The fraction of sp³-hybridized carbons (Fsp3) is 0.208. The minimum Gasteiger partial charge on any atom is -0.497 e. The molecule has 2 aromatic carbocycles. The average molecular weight is 425 g/mol. The van der Waals surface area contributed by atoms with Crippen molar-refractivity contribution < 1.29 is 14.3 Å². The van der Waals surface area contributed by atoms with Gasteiger partial charge in [0.2, 0.25) is 0 Å². The van der Waals surface area contributed by atoms with Crippen molar-refractivity contribution in [3.8, 4) is 11.5 Å². The minimum absolute atomic E-state index is 0.127. The van der Waals surface area contributed by atoms with Crippen LogP contribution in [0.15, 0.2) is 73.4 Å². The van der Waals surface area contributed by atoms with E-state index in [1.54, 1.807) is 43.4 Å². The van der Waals surface area contributed by atoms with Crippen LogP contribution in [0.3, 0.4) is 0 Å². The number of nitrogens with zero attached hydrogens (tertiary/aromatic N) is 2. The summed E-state index contributed by atoms with van der Waals surface area (Å²) in [7, 11) is 3.12. The van der Waals surface area contributed by atoms with E-state index in [2.05, 4.69) is 11.1 Å². The second-order valence-electron chi connectivity index (χ2n) is 6.79. The van der Waals surface area contributed by atoms with Gasteiger partial charge >= 0.3 is 0 Å². The highest BCUT2D eigenvalue weighted by Gasteiger charge is 2.19. The third-order valence-corrected chi connectivity index (χ3v) is 5.18. The van der Waals surface area contributed by atoms with E-state index in [0.29, 0.717) is 36.7 Å². The maximum Gasteiger partial charge on any atom is 0.254 e. The van der Waals surface area contributed by atoms with Crippen LogP contribution in [0.4, 0.5) is 0 Å². The molecular formula is C24H25ClN2O3. The van der Waals surface area contributed by atoms with Gasteiger partial charge in [0.25, 0.3) is 5.91 Å². The van der Waals surface area contributed by atoms with Gasteiger partial charge in [-0.25, -0.2) is 0 Å². The number of benzene rings is 2. The zero-order chi connectivity index (χ0) is 21.5. The molecule has 3 aromatic rings. The molecule has 0 unspecified atom stereocenters. The highest BCUT2D eigenvalue weighted by Crippen LogP contribution is 2.24. The van der Waals surface area contributed by atoms with Gasteiger partial charge in [-0.15, -0.1) is 6.58 Å². The summed E-state index contributed by atoms with van der Waals surface area (Å²) < 4.78 is 12.7. The molecular weight excluding hydrogens is 400 g/mol. The van der Waals surface area contributed by atoms with Crippen molar-refractivity contribution in [2.75, 3.05) is 20.8 Å². The quantitative estimate of drug-likeness (QED) is 0.452. The van der Waals surface area contributed by atoms with Gasteiger partial charge in [0.05, 0.1) is 20.8 Å². The van der Waals surface area contributed by atoms with Crippen molar-refractivity contribution in [1.82, 2.24) is 9.47 Å². The monoisotopic (exact) mass is 424 g/mol. The summed E-state index contributed by atoms with van der Waals surface area (Å²) in [4.78, 5) is 15.0. The van der Waals surface area contributed by atoms with Crippen LogP contribution in [0, 0.1) is 0 Å². The van der Waals surface area contributed by atoms with Gasteiger partial charge in [-0.05, 0) is 35.9 Å². The van der Waals surface area contributed by atoms with Gasteiger partial charge in [-0.3, -0.25) is 4.79 Å². The van der Waals surface area contributed by atoms with Gasteiger partial charge in [0.1, 0.15) is 11.5 Å². The van der Waals surface area contributed by atoms with Crippen molar-refractivity contribution in [2.24, 2.45) is 0 Å². The van der Waals surface area contributed by atoms with Gasteiger partial charge in [-0.1, -0.05) is 35.9 Å². The Balaban J connectivity index is 1.85. The molecule has 6 heteroatoms. The van der Waals surface area contributed by atoms with E-state index in [1.165, 1.54) is 0 Å². The van der Waals surface area contributed by atoms with E-state index in [1.807, 2.05) is 42.6 Å². The summed E-state index contributed by atoms with van der Waals surface area (Å²) in [6, 6.07) is 16.9. The summed E-state index contributed by atoms with van der Waals surface area (Å²) >= 11 is 6.32. The summed E-state index contributed by atoms with van der Waals surface area (Å²) in [6.45, 7) is 5.28. The van der Waals surface area contributed by atoms with Crippen molar-refractivity contribution in [2.45, 2.75) is 13.1 Å². The van der Waals surface area contributed by atoms with Crippen molar-refractivity contribution in [1.29, 1.82) is 0 Å². The van der Waals surface area contributed by atoms with E-state index in [-0.39, 0.29) is 5.91 Å². The Morgan fingerprint density at radius 3 is 2.43 bits per heavy atom. The first-order valence-corrected chi connectivity index (χ1v) is 9.94. The van der Waals surface area contributed by atoms with Crippen LogP contribution in [0.5, 0.6) is 11.5 Å². The highest BCUT2D eigenvalue weighted by atomic mass is 35.5. The van der Waals surface area contributed by atoms with E-state index >= 15 is 0 Å². The Morgan fingerprint density at radius 2 is 1.80 bits per heavy atom. The van der Waals surface area contributed by atoms with E-state index in [0.717, 1.165) is 16.3 Å². The number of methoxy groups -OCH3 is 2. The van der Waals surface area contributed by atoms with Gasteiger partial charge in [0, 0.05) is 41.6 Å². The third-order valence-electron chi connectivity index (χ3n) is 4.81. The van der Waals surface area contributed by atoms with Crippen LogP contribution in [0.1, 0.15) is 21.6 Å². The molecule has 1 heterocycles.